The Kier molecular flexibility index (Phi) is 5.22. The van der Waals surface area contributed by atoms with Gasteiger partial charge in [0.1, 0.15) is 5.75 Å². The topological polar surface area (TPSA) is 29.5 Å². The predicted octanol–water partition coefficient (Wildman–Crippen LogP) is 6.61. The maximum Gasteiger partial charge on any atom is 0.573 e. The Morgan fingerprint density at radius 1 is 1.06 bits per heavy atom. The van der Waals surface area contributed by atoms with Gasteiger partial charge in [0.25, 0.3) is 0 Å². The predicted molar refractivity (Wildman–Crippen MR) is 121 cm³/mol. The average Bonchev–Trinajstić information content (AvgIpc) is 3.08. The highest BCUT2D eigenvalue weighted by Gasteiger charge is 2.59. The molecule has 3 saturated carbocycles. The van der Waals surface area contributed by atoms with Gasteiger partial charge in [0.15, 0.2) is 0 Å². The third-order valence-corrected chi connectivity index (χ3v) is 9.43. The Bertz CT molecular complexity index is 998. The second kappa shape index (κ2) is 7.64. The molecule has 1 heterocycles. The van der Waals surface area contributed by atoms with E-state index in [1.165, 1.54) is 17.7 Å². The summed E-state index contributed by atoms with van der Waals surface area (Å²) < 4.78 is 41.4. The summed E-state index contributed by atoms with van der Waals surface area (Å²) in [4.78, 5) is 14.2. The maximum absolute atomic E-state index is 12.5. The van der Waals surface area contributed by atoms with Crippen LogP contribution >= 0.6 is 0 Å². The minimum absolute atomic E-state index is 0.0354. The molecule has 178 valence electrons. The van der Waals surface area contributed by atoms with Crippen LogP contribution < -0.4 is 4.74 Å². The third kappa shape index (κ3) is 3.70. The Morgan fingerprint density at radius 3 is 2.48 bits per heavy atom. The van der Waals surface area contributed by atoms with Crippen molar-refractivity contribution in [2.75, 3.05) is 7.05 Å². The van der Waals surface area contributed by atoms with Gasteiger partial charge in [-0.3, -0.25) is 4.79 Å². The minimum atomic E-state index is -4.67. The van der Waals surface area contributed by atoms with E-state index >= 15 is 0 Å². The summed E-state index contributed by atoms with van der Waals surface area (Å²) in [5.74, 6) is 1.78. The number of likely N-dealkylation sites (N-methyl/N-ethyl adjacent to an activating group) is 1. The number of carbonyl (C=O) groups is 1. The van der Waals surface area contributed by atoms with Crippen molar-refractivity contribution >= 4 is 12.0 Å². The van der Waals surface area contributed by atoms with E-state index in [4.69, 9.17) is 0 Å². The Labute approximate surface area is 193 Å². The van der Waals surface area contributed by atoms with Crippen LogP contribution in [0.1, 0.15) is 57.9 Å². The van der Waals surface area contributed by atoms with E-state index in [1.807, 2.05) is 11.9 Å². The van der Waals surface area contributed by atoms with Crippen LogP contribution in [0.25, 0.3) is 6.08 Å². The van der Waals surface area contributed by atoms with Gasteiger partial charge in [-0.2, -0.15) is 0 Å². The van der Waals surface area contributed by atoms with Gasteiger partial charge in [-0.25, -0.2) is 0 Å². The van der Waals surface area contributed by atoms with Gasteiger partial charge in [0.2, 0.25) is 5.91 Å². The number of ether oxygens (including phenoxy) is 1. The Balaban J connectivity index is 1.38. The zero-order chi connectivity index (χ0) is 23.6. The number of halogens is 3. The van der Waals surface area contributed by atoms with E-state index in [0.29, 0.717) is 17.8 Å². The molecule has 6 atom stereocenters. The molecular weight excluding hydrogens is 427 g/mol. The zero-order valence-corrected chi connectivity index (χ0v) is 19.5. The second-order valence-electron chi connectivity index (χ2n) is 10.9. The molecule has 0 radical (unpaired) electrons. The van der Waals surface area contributed by atoms with Crippen LogP contribution in [0, 0.1) is 28.6 Å². The van der Waals surface area contributed by atoms with Gasteiger partial charge in [-0.05, 0) is 85.5 Å². The standard InChI is InChI=1S/C27H32F3NO2/c1-25-14-12-22-20(9-11-23-26(22,2)15-13-24(32)31(23)3)21(25)10-6-18(25)16-17-4-7-19(8-5-17)33-27(28,29)30/h4-5,7-8,13,15-16,20-23H,6,9-12,14H2,1-3H3/t20-,21-,22+,23?,25+,26+/m0/s1. The molecule has 0 saturated heterocycles. The van der Waals surface area contributed by atoms with E-state index in [2.05, 4.69) is 30.7 Å². The number of benzene rings is 1. The SMILES string of the molecule is CN1C(=O)C=C[C@@]2(C)C1CC[C@@H]1[C@H]2CC[C@]2(C)C(=Cc3ccc(OC(F)(F)F)cc3)CC[C@@H]12. The molecule has 1 aliphatic heterocycles. The average molecular weight is 460 g/mol. The monoisotopic (exact) mass is 459 g/mol. The van der Waals surface area contributed by atoms with Crippen molar-refractivity contribution in [1.82, 2.24) is 4.90 Å². The fraction of sp³-hybridized carbons (Fsp3) is 0.593. The second-order valence-corrected chi connectivity index (χ2v) is 10.9. The summed E-state index contributed by atoms with van der Waals surface area (Å²) in [5.41, 5.74) is 2.52. The lowest BCUT2D eigenvalue weighted by atomic mass is 9.48. The first-order valence-electron chi connectivity index (χ1n) is 12.0. The largest absolute Gasteiger partial charge is 0.573 e. The number of rotatable bonds is 2. The molecule has 1 unspecified atom stereocenters. The van der Waals surface area contributed by atoms with Crippen LogP contribution in [0.4, 0.5) is 13.2 Å². The van der Waals surface area contributed by atoms with Crippen LogP contribution in [0.3, 0.4) is 0 Å². The highest BCUT2D eigenvalue weighted by atomic mass is 19.4. The lowest BCUT2D eigenvalue weighted by Crippen LogP contribution is -2.59. The van der Waals surface area contributed by atoms with Gasteiger partial charge in [-0.1, -0.05) is 43.7 Å². The molecule has 5 rings (SSSR count). The van der Waals surface area contributed by atoms with E-state index in [0.717, 1.165) is 44.1 Å². The fourth-order valence-corrected chi connectivity index (χ4v) is 7.79. The van der Waals surface area contributed by atoms with Crippen molar-refractivity contribution in [3.63, 3.8) is 0 Å². The van der Waals surface area contributed by atoms with Gasteiger partial charge >= 0.3 is 6.36 Å². The summed E-state index contributed by atoms with van der Waals surface area (Å²) in [5, 5.41) is 0. The Morgan fingerprint density at radius 2 is 1.79 bits per heavy atom. The van der Waals surface area contributed by atoms with Crippen molar-refractivity contribution in [3.05, 3.63) is 47.6 Å². The molecule has 0 N–H and O–H groups in total. The lowest BCUT2D eigenvalue weighted by Gasteiger charge is -2.59. The van der Waals surface area contributed by atoms with Gasteiger partial charge in [0.05, 0.1) is 0 Å². The molecule has 1 aromatic rings. The number of alkyl halides is 3. The van der Waals surface area contributed by atoms with Crippen molar-refractivity contribution in [2.45, 2.75) is 64.8 Å². The molecule has 3 aliphatic carbocycles. The number of nitrogens with zero attached hydrogens (tertiary/aromatic N) is 1. The highest BCUT2D eigenvalue weighted by Crippen LogP contribution is 2.65. The molecule has 6 heteroatoms. The van der Waals surface area contributed by atoms with Crippen LogP contribution in [0.2, 0.25) is 0 Å². The number of hydrogen-bond donors (Lipinski definition) is 0. The van der Waals surface area contributed by atoms with Crippen molar-refractivity contribution in [3.8, 4) is 5.75 Å². The van der Waals surface area contributed by atoms with Crippen LogP contribution in [0.5, 0.6) is 5.75 Å². The van der Waals surface area contributed by atoms with Crippen molar-refractivity contribution < 1.29 is 22.7 Å². The van der Waals surface area contributed by atoms with Gasteiger partial charge in [0, 0.05) is 18.5 Å². The smallest absolute Gasteiger partial charge is 0.406 e. The summed E-state index contributed by atoms with van der Waals surface area (Å²) in [6, 6.07) is 6.49. The van der Waals surface area contributed by atoms with E-state index in [9.17, 15) is 18.0 Å². The molecule has 1 amide bonds. The van der Waals surface area contributed by atoms with Crippen LogP contribution in [-0.2, 0) is 4.79 Å². The first kappa shape index (κ1) is 22.5. The maximum atomic E-state index is 12.5. The molecule has 3 nitrogen and oxygen atoms in total. The summed E-state index contributed by atoms with van der Waals surface area (Å²) in [6.07, 6.45) is 8.19. The number of hydrogen-bond acceptors (Lipinski definition) is 2. The number of fused-ring (bicyclic) bond motifs is 5. The van der Waals surface area contributed by atoms with Gasteiger partial charge in [-0.15, -0.1) is 13.2 Å². The number of amides is 1. The molecule has 0 spiro atoms. The molecule has 0 bridgehead atoms. The molecule has 33 heavy (non-hydrogen) atoms. The number of carbonyl (C=O) groups excluding carboxylic acids is 1. The molecular formula is C27H32F3NO2. The number of allylic oxidation sites excluding steroid dienone is 1. The fourth-order valence-electron chi connectivity index (χ4n) is 7.79. The highest BCUT2D eigenvalue weighted by molar-refractivity contribution is 5.89. The normalized spacial score (nSPS) is 39.3. The van der Waals surface area contributed by atoms with Crippen LogP contribution in [0.15, 0.2) is 42.0 Å². The van der Waals surface area contributed by atoms with E-state index in [-0.39, 0.29) is 28.5 Å². The zero-order valence-electron chi connectivity index (χ0n) is 19.5. The summed E-state index contributed by atoms with van der Waals surface area (Å²) in [6.45, 7) is 4.75. The summed E-state index contributed by atoms with van der Waals surface area (Å²) >= 11 is 0. The van der Waals surface area contributed by atoms with E-state index < -0.39 is 6.36 Å². The first-order valence-corrected chi connectivity index (χ1v) is 12.0. The summed E-state index contributed by atoms with van der Waals surface area (Å²) in [7, 11) is 1.95. The third-order valence-electron chi connectivity index (χ3n) is 9.43. The van der Waals surface area contributed by atoms with Gasteiger partial charge < -0.3 is 9.64 Å². The molecule has 3 fully saturated rings. The van der Waals surface area contributed by atoms with E-state index in [1.54, 1.807) is 18.2 Å². The van der Waals surface area contributed by atoms with Crippen molar-refractivity contribution in [2.24, 2.45) is 28.6 Å². The quantitative estimate of drug-likeness (QED) is 0.498. The molecule has 1 aromatic carbocycles. The first-order chi connectivity index (χ1) is 15.5. The Hall–Kier alpha value is -2.24. The van der Waals surface area contributed by atoms with Crippen molar-refractivity contribution in [1.29, 1.82) is 0 Å². The van der Waals surface area contributed by atoms with Crippen LogP contribution in [-0.4, -0.2) is 30.3 Å². The molecule has 4 aliphatic rings. The molecule has 0 aromatic heterocycles. The lowest BCUT2D eigenvalue weighted by molar-refractivity contribution is -0.274. The minimum Gasteiger partial charge on any atom is -0.406 e.